The van der Waals surface area contributed by atoms with Crippen molar-refractivity contribution in [3.05, 3.63) is 52.0 Å². The van der Waals surface area contributed by atoms with Crippen LogP contribution in [-0.4, -0.2) is 50.1 Å². The molecule has 1 aromatic heterocycles. The molecule has 0 aliphatic heterocycles. The third kappa shape index (κ3) is 5.62. The van der Waals surface area contributed by atoms with Crippen LogP contribution in [0.25, 0.3) is 0 Å². The zero-order valence-corrected chi connectivity index (χ0v) is 15.7. The lowest BCUT2D eigenvalue weighted by molar-refractivity contribution is 0.298. The number of likely N-dealkylation sites (N-methyl/N-ethyl adjacent to an activating group) is 1. The fraction of sp³-hybridized carbons (Fsp3) is 0.444. The number of hydrogen-bond donors (Lipinski definition) is 2. The molecule has 0 spiro atoms. The summed E-state index contributed by atoms with van der Waals surface area (Å²) in [5, 5.41) is 7.94. The first-order valence-electron chi connectivity index (χ1n) is 8.17. The molecular weight excluding hydrogens is 318 g/mol. The van der Waals surface area contributed by atoms with E-state index in [9.17, 15) is 0 Å². The van der Waals surface area contributed by atoms with Crippen molar-refractivity contribution in [1.29, 1.82) is 0 Å². The first kappa shape index (κ1) is 18.4. The first-order valence-corrected chi connectivity index (χ1v) is 8.99. The van der Waals surface area contributed by atoms with Crippen LogP contribution >= 0.6 is 11.3 Å². The SMILES string of the molecule is CN=C(NCCc1ncc(C)s1)NCC(c1ccccc1)N(C)C. The van der Waals surface area contributed by atoms with Crippen LogP contribution in [0, 0.1) is 6.92 Å². The van der Waals surface area contributed by atoms with Gasteiger partial charge in [-0.1, -0.05) is 30.3 Å². The van der Waals surface area contributed by atoms with Crippen LogP contribution in [0.15, 0.2) is 41.5 Å². The first-order chi connectivity index (χ1) is 11.6. The van der Waals surface area contributed by atoms with Crippen LogP contribution in [0.1, 0.15) is 21.5 Å². The van der Waals surface area contributed by atoms with Crippen LogP contribution in [0.5, 0.6) is 0 Å². The number of aryl methyl sites for hydroxylation is 1. The zero-order valence-electron chi connectivity index (χ0n) is 14.9. The Bertz CT molecular complexity index is 636. The molecule has 1 aromatic carbocycles. The van der Waals surface area contributed by atoms with E-state index >= 15 is 0 Å². The highest BCUT2D eigenvalue weighted by atomic mass is 32.1. The highest BCUT2D eigenvalue weighted by molar-refractivity contribution is 7.11. The van der Waals surface area contributed by atoms with Gasteiger partial charge in [0.15, 0.2) is 5.96 Å². The molecule has 1 unspecified atom stereocenters. The lowest BCUT2D eigenvalue weighted by Gasteiger charge is -2.26. The smallest absolute Gasteiger partial charge is 0.191 e. The molecule has 1 heterocycles. The molecule has 1 atom stereocenters. The Hall–Kier alpha value is -1.92. The van der Waals surface area contributed by atoms with Crippen molar-refractivity contribution in [2.75, 3.05) is 34.2 Å². The third-order valence-electron chi connectivity index (χ3n) is 3.79. The van der Waals surface area contributed by atoms with Crippen molar-refractivity contribution in [2.24, 2.45) is 4.99 Å². The van der Waals surface area contributed by atoms with Crippen molar-refractivity contribution < 1.29 is 0 Å². The topological polar surface area (TPSA) is 52.6 Å². The molecule has 2 rings (SSSR count). The molecule has 5 nitrogen and oxygen atoms in total. The number of guanidine groups is 1. The number of thiazole rings is 1. The summed E-state index contributed by atoms with van der Waals surface area (Å²) in [6, 6.07) is 10.8. The number of nitrogens with one attached hydrogen (secondary N) is 2. The average Bonchev–Trinajstić information content (AvgIpc) is 2.99. The number of aromatic nitrogens is 1. The lowest BCUT2D eigenvalue weighted by Crippen LogP contribution is -2.42. The molecule has 0 aliphatic rings. The number of benzene rings is 1. The second-order valence-corrected chi connectivity index (χ2v) is 7.20. The largest absolute Gasteiger partial charge is 0.356 e. The highest BCUT2D eigenvalue weighted by Gasteiger charge is 2.14. The Morgan fingerprint density at radius 3 is 2.58 bits per heavy atom. The van der Waals surface area contributed by atoms with Crippen LogP contribution < -0.4 is 10.6 Å². The number of rotatable bonds is 7. The second-order valence-electron chi connectivity index (χ2n) is 5.88. The molecule has 6 heteroatoms. The fourth-order valence-electron chi connectivity index (χ4n) is 2.49. The van der Waals surface area contributed by atoms with Gasteiger partial charge in [-0.05, 0) is 26.6 Å². The lowest BCUT2D eigenvalue weighted by atomic mass is 10.1. The molecule has 2 N–H and O–H groups in total. The second kappa shape index (κ2) is 9.39. The van der Waals surface area contributed by atoms with E-state index in [2.05, 4.69) is 70.8 Å². The van der Waals surface area contributed by atoms with Gasteiger partial charge >= 0.3 is 0 Å². The highest BCUT2D eigenvalue weighted by Crippen LogP contribution is 2.16. The van der Waals surface area contributed by atoms with Crippen molar-refractivity contribution in [3.63, 3.8) is 0 Å². The normalized spacial score (nSPS) is 13.1. The fourth-order valence-corrected chi connectivity index (χ4v) is 3.28. The summed E-state index contributed by atoms with van der Waals surface area (Å²) in [5.41, 5.74) is 1.30. The van der Waals surface area contributed by atoms with E-state index in [0.29, 0.717) is 6.04 Å². The number of hydrogen-bond acceptors (Lipinski definition) is 4. The molecule has 130 valence electrons. The Balaban J connectivity index is 1.83. The van der Waals surface area contributed by atoms with Gasteiger partial charge in [-0.25, -0.2) is 4.98 Å². The van der Waals surface area contributed by atoms with Crippen molar-refractivity contribution in [2.45, 2.75) is 19.4 Å². The zero-order chi connectivity index (χ0) is 17.4. The minimum absolute atomic E-state index is 0.298. The summed E-state index contributed by atoms with van der Waals surface area (Å²) in [6.07, 6.45) is 2.84. The Morgan fingerprint density at radius 2 is 2.00 bits per heavy atom. The van der Waals surface area contributed by atoms with E-state index < -0.39 is 0 Å². The minimum atomic E-state index is 0.298. The van der Waals surface area contributed by atoms with Gasteiger partial charge in [-0.2, -0.15) is 0 Å². The summed E-state index contributed by atoms with van der Waals surface area (Å²) >= 11 is 1.75. The summed E-state index contributed by atoms with van der Waals surface area (Å²) in [4.78, 5) is 12.2. The molecule has 0 saturated heterocycles. The number of nitrogens with zero attached hydrogens (tertiary/aromatic N) is 3. The van der Waals surface area contributed by atoms with Gasteiger partial charge in [0, 0.05) is 37.6 Å². The molecule has 0 radical (unpaired) electrons. The minimum Gasteiger partial charge on any atom is -0.356 e. The van der Waals surface area contributed by atoms with Crippen LogP contribution in [-0.2, 0) is 6.42 Å². The summed E-state index contributed by atoms with van der Waals surface area (Å²) in [7, 11) is 6.00. The molecule has 0 saturated carbocycles. The summed E-state index contributed by atoms with van der Waals surface area (Å²) in [5.74, 6) is 0.825. The van der Waals surface area contributed by atoms with Gasteiger partial charge in [0.2, 0.25) is 0 Å². The van der Waals surface area contributed by atoms with Crippen LogP contribution in [0.4, 0.5) is 0 Å². The van der Waals surface area contributed by atoms with Crippen molar-refractivity contribution in [3.8, 4) is 0 Å². The van der Waals surface area contributed by atoms with E-state index in [1.165, 1.54) is 10.4 Å². The molecule has 24 heavy (non-hydrogen) atoms. The maximum absolute atomic E-state index is 4.39. The quantitative estimate of drug-likeness (QED) is 0.598. The summed E-state index contributed by atoms with van der Waals surface area (Å²) in [6.45, 7) is 3.71. The van der Waals surface area contributed by atoms with Gasteiger partial charge in [-0.3, -0.25) is 4.99 Å². The monoisotopic (exact) mass is 345 g/mol. The van der Waals surface area contributed by atoms with Gasteiger partial charge in [-0.15, -0.1) is 11.3 Å². The molecule has 2 aromatic rings. The maximum atomic E-state index is 4.39. The molecule has 0 bridgehead atoms. The third-order valence-corrected chi connectivity index (χ3v) is 4.77. The molecule has 0 aliphatic carbocycles. The van der Waals surface area contributed by atoms with E-state index in [0.717, 1.165) is 30.5 Å². The number of aliphatic imine (C=N–C) groups is 1. The van der Waals surface area contributed by atoms with E-state index in [1.807, 2.05) is 12.3 Å². The van der Waals surface area contributed by atoms with Crippen LogP contribution in [0.2, 0.25) is 0 Å². The standard InChI is InChI=1S/C18H27N5S/c1-14-12-21-17(24-14)10-11-20-18(19-2)22-13-16(23(3)4)15-8-6-5-7-9-15/h5-9,12,16H,10-11,13H2,1-4H3,(H2,19,20,22). The van der Waals surface area contributed by atoms with Crippen molar-refractivity contribution in [1.82, 2.24) is 20.5 Å². The van der Waals surface area contributed by atoms with E-state index in [-0.39, 0.29) is 0 Å². The van der Waals surface area contributed by atoms with Gasteiger partial charge < -0.3 is 15.5 Å². The summed E-state index contributed by atoms with van der Waals surface area (Å²) < 4.78 is 0. The maximum Gasteiger partial charge on any atom is 0.191 e. The van der Waals surface area contributed by atoms with Gasteiger partial charge in [0.25, 0.3) is 0 Å². The van der Waals surface area contributed by atoms with E-state index in [4.69, 9.17) is 0 Å². The average molecular weight is 346 g/mol. The van der Waals surface area contributed by atoms with Crippen LogP contribution in [0.3, 0.4) is 0 Å². The molecule has 0 fully saturated rings. The predicted molar refractivity (Wildman–Crippen MR) is 103 cm³/mol. The Labute approximate surface area is 148 Å². The predicted octanol–water partition coefficient (Wildman–Crippen LogP) is 2.46. The molecule has 0 amide bonds. The molecular formula is C18H27N5S. The Kier molecular flexibility index (Phi) is 7.21. The van der Waals surface area contributed by atoms with Gasteiger partial charge in [0.1, 0.15) is 0 Å². The van der Waals surface area contributed by atoms with Gasteiger partial charge in [0.05, 0.1) is 11.0 Å². The Morgan fingerprint density at radius 1 is 1.25 bits per heavy atom. The van der Waals surface area contributed by atoms with E-state index in [1.54, 1.807) is 18.4 Å². The van der Waals surface area contributed by atoms with Crippen molar-refractivity contribution >= 4 is 17.3 Å².